The average molecular weight is 240 g/mol. The largest absolute Gasteiger partial charge is 0.458 e. The van der Waals surface area contributed by atoms with Gasteiger partial charge in [0.1, 0.15) is 23.8 Å². The van der Waals surface area contributed by atoms with E-state index in [-0.39, 0.29) is 0 Å². The minimum atomic E-state index is -0.834. The van der Waals surface area contributed by atoms with Crippen LogP contribution in [-0.2, 0) is 0 Å². The maximum atomic E-state index is 10.2. The van der Waals surface area contributed by atoms with Gasteiger partial charge in [0.15, 0.2) is 0 Å². The Morgan fingerprint density at radius 1 is 1.17 bits per heavy atom. The first-order chi connectivity index (χ1) is 8.74. The highest BCUT2D eigenvalue weighted by Gasteiger charge is 2.15. The second kappa shape index (κ2) is 4.23. The number of aromatic nitrogens is 2. The number of aryl methyl sites for hydroxylation is 1. The lowest BCUT2D eigenvalue weighted by atomic mass is 10.1. The molecule has 0 radical (unpaired) electrons. The van der Waals surface area contributed by atoms with Gasteiger partial charge in [-0.1, -0.05) is 11.6 Å². The third-order valence-corrected chi connectivity index (χ3v) is 2.86. The summed E-state index contributed by atoms with van der Waals surface area (Å²) in [7, 11) is 0. The summed E-state index contributed by atoms with van der Waals surface area (Å²) >= 11 is 0. The van der Waals surface area contributed by atoms with Gasteiger partial charge in [-0.25, -0.2) is 9.97 Å². The van der Waals surface area contributed by atoms with Gasteiger partial charge in [-0.15, -0.1) is 0 Å². The van der Waals surface area contributed by atoms with Gasteiger partial charge in [-0.2, -0.15) is 0 Å². The molecule has 2 heterocycles. The van der Waals surface area contributed by atoms with Crippen molar-refractivity contribution < 1.29 is 9.52 Å². The van der Waals surface area contributed by atoms with E-state index < -0.39 is 6.10 Å². The molecule has 3 rings (SSSR count). The molecule has 0 aliphatic carbocycles. The summed E-state index contributed by atoms with van der Waals surface area (Å²) in [5.41, 5.74) is 2.55. The summed E-state index contributed by atoms with van der Waals surface area (Å²) < 4.78 is 5.63. The molecule has 4 heteroatoms. The molecule has 0 aliphatic heterocycles. The highest BCUT2D eigenvalue weighted by atomic mass is 16.4. The smallest absolute Gasteiger partial charge is 0.140 e. The van der Waals surface area contributed by atoms with Crippen molar-refractivity contribution in [1.29, 1.82) is 0 Å². The van der Waals surface area contributed by atoms with Gasteiger partial charge in [0.2, 0.25) is 0 Å². The van der Waals surface area contributed by atoms with Gasteiger partial charge >= 0.3 is 0 Å². The van der Waals surface area contributed by atoms with Crippen LogP contribution in [0.5, 0.6) is 0 Å². The quantitative estimate of drug-likeness (QED) is 0.748. The third kappa shape index (κ3) is 1.87. The molecular weight excluding hydrogens is 228 g/mol. The van der Waals surface area contributed by atoms with Crippen LogP contribution in [0.2, 0.25) is 0 Å². The predicted molar refractivity (Wildman–Crippen MR) is 67.0 cm³/mol. The maximum absolute atomic E-state index is 10.2. The third-order valence-electron chi connectivity index (χ3n) is 2.86. The van der Waals surface area contributed by atoms with E-state index in [1.165, 1.54) is 6.33 Å². The zero-order valence-corrected chi connectivity index (χ0v) is 9.87. The van der Waals surface area contributed by atoms with Crippen LogP contribution in [-0.4, -0.2) is 15.1 Å². The predicted octanol–water partition coefficient (Wildman–Crippen LogP) is 2.61. The van der Waals surface area contributed by atoms with Gasteiger partial charge in [0.25, 0.3) is 0 Å². The van der Waals surface area contributed by atoms with E-state index in [1.807, 2.05) is 31.2 Å². The first-order valence-corrected chi connectivity index (χ1v) is 5.67. The second-order valence-electron chi connectivity index (χ2n) is 4.26. The molecule has 0 aliphatic rings. The van der Waals surface area contributed by atoms with Gasteiger partial charge in [0.05, 0.1) is 0 Å². The van der Waals surface area contributed by atoms with Crippen LogP contribution in [0.25, 0.3) is 11.0 Å². The van der Waals surface area contributed by atoms with E-state index in [0.29, 0.717) is 11.3 Å². The zero-order chi connectivity index (χ0) is 12.5. The van der Waals surface area contributed by atoms with E-state index in [0.717, 1.165) is 16.5 Å². The number of rotatable bonds is 2. The molecule has 90 valence electrons. The minimum absolute atomic E-state index is 0.505. The summed E-state index contributed by atoms with van der Waals surface area (Å²) in [5.74, 6) is 0.505. The number of benzene rings is 1. The van der Waals surface area contributed by atoms with Crippen LogP contribution in [0.4, 0.5) is 0 Å². The van der Waals surface area contributed by atoms with Crippen molar-refractivity contribution in [3.63, 3.8) is 0 Å². The number of fused-ring (bicyclic) bond motifs is 1. The molecule has 0 spiro atoms. The molecule has 1 atom stereocenters. The molecule has 0 saturated carbocycles. The van der Waals surface area contributed by atoms with Crippen molar-refractivity contribution in [2.75, 3.05) is 0 Å². The number of nitrogens with zero attached hydrogens (tertiary/aromatic N) is 2. The summed E-state index contributed by atoms with van der Waals surface area (Å²) in [6.45, 7) is 2.02. The zero-order valence-electron chi connectivity index (χ0n) is 9.87. The normalized spacial score (nSPS) is 12.8. The molecule has 1 N–H and O–H groups in total. The van der Waals surface area contributed by atoms with Gasteiger partial charge in [-0.05, 0) is 25.1 Å². The van der Waals surface area contributed by atoms with Crippen molar-refractivity contribution in [3.05, 3.63) is 59.9 Å². The SMILES string of the molecule is Cc1ccc2oc(C(O)c3cncnc3)cc2c1. The molecule has 4 nitrogen and oxygen atoms in total. The van der Waals surface area contributed by atoms with E-state index in [4.69, 9.17) is 4.42 Å². The van der Waals surface area contributed by atoms with Crippen LogP contribution < -0.4 is 0 Å². The molecule has 0 fully saturated rings. The van der Waals surface area contributed by atoms with Gasteiger partial charge < -0.3 is 9.52 Å². The fourth-order valence-electron chi connectivity index (χ4n) is 1.93. The summed E-state index contributed by atoms with van der Waals surface area (Å²) in [4.78, 5) is 7.77. The second-order valence-corrected chi connectivity index (χ2v) is 4.26. The number of furan rings is 1. The average Bonchev–Trinajstić information content (AvgIpc) is 2.81. The maximum Gasteiger partial charge on any atom is 0.140 e. The van der Waals surface area contributed by atoms with Gasteiger partial charge in [-0.3, -0.25) is 0 Å². The molecule has 0 saturated heterocycles. The Balaban J connectivity index is 2.04. The number of hydrogen-bond acceptors (Lipinski definition) is 4. The highest BCUT2D eigenvalue weighted by Crippen LogP contribution is 2.27. The molecule has 2 aromatic heterocycles. The van der Waals surface area contributed by atoms with Crippen LogP contribution in [0.15, 0.2) is 47.4 Å². The Hall–Kier alpha value is -2.20. The molecule has 18 heavy (non-hydrogen) atoms. The Morgan fingerprint density at radius 3 is 2.72 bits per heavy atom. The molecule has 3 aromatic rings. The van der Waals surface area contributed by atoms with Crippen molar-refractivity contribution in [3.8, 4) is 0 Å². The first-order valence-electron chi connectivity index (χ1n) is 5.67. The Morgan fingerprint density at radius 2 is 1.94 bits per heavy atom. The van der Waals surface area contributed by atoms with Crippen molar-refractivity contribution in [1.82, 2.24) is 9.97 Å². The Kier molecular flexibility index (Phi) is 2.57. The monoisotopic (exact) mass is 240 g/mol. The van der Waals surface area contributed by atoms with Crippen molar-refractivity contribution in [2.45, 2.75) is 13.0 Å². The lowest BCUT2D eigenvalue weighted by Crippen LogP contribution is -1.98. The van der Waals surface area contributed by atoms with Crippen LogP contribution in [0.1, 0.15) is 23.0 Å². The molecular formula is C14H12N2O2. The summed E-state index contributed by atoms with van der Waals surface area (Å²) in [6.07, 6.45) is 3.75. The number of aliphatic hydroxyl groups is 1. The lowest BCUT2D eigenvalue weighted by molar-refractivity contribution is 0.191. The van der Waals surface area contributed by atoms with Crippen LogP contribution >= 0.6 is 0 Å². The Labute approximate surface area is 104 Å². The summed E-state index contributed by atoms with van der Waals surface area (Å²) in [6, 6.07) is 7.76. The van der Waals surface area contributed by atoms with Crippen molar-refractivity contribution in [2.24, 2.45) is 0 Å². The van der Waals surface area contributed by atoms with Gasteiger partial charge in [0, 0.05) is 23.3 Å². The standard InChI is InChI=1S/C14H12N2O2/c1-9-2-3-12-10(4-9)5-13(18-12)14(17)11-6-15-8-16-7-11/h2-8,14,17H,1H3. The van der Waals surface area contributed by atoms with E-state index in [1.54, 1.807) is 12.4 Å². The van der Waals surface area contributed by atoms with Crippen LogP contribution in [0.3, 0.4) is 0 Å². The topological polar surface area (TPSA) is 59.2 Å². The van der Waals surface area contributed by atoms with Crippen LogP contribution in [0, 0.1) is 6.92 Å². The van der Waals surface area contributed by atoms with E-state index in [2.05, 4.69) is 9.97 Å². The molecule has 0 amide bonds. The first kappa shape index (κ1) is 10.9. The lowest BCUT2D eigenvalue weighted by Gasteiger charge is -2.05. The van der Waals surface area contributed by atoms with E-state index in [9.17, 15) is 5.11 Å². The highest BCUT2D eigenvalue weighted by molar-refractivity contribution is 5.78. The molecule has 1 unspecified atom stereocenters. The van der Waals surface area contributed by atoms with Crippen molar-refractivity contribution >= 4 is 11.0 Å². The number of aliphatic hydroxyl groups excluding tert-OH is 1. The minimum Gasteiger partial charge on any atom is -0.458 e. The molecule has 1 aromatic carbocycles. The Bertz CT molecular complexity index is 677. The molecule has 0 bridgehead atoms. The fraction of sp³-hybridized carbons (Fsp3) is 0.143. The summed E-state index contributed by atoms with van der Waals surface area (Å²) in [5, 5.41) is 11.2. The number of hydrogen-bond donors (Lipinski definition) is 1. The fourth-order valence-corrected chi connectivity index (χ4v) is 1.93. The van der Waals surface area contributed by atoms with E-state index >= 15 is 0 Å².